The molecule has 10 heteroatoms. The summed E-state index contributed by atoms with van der Waals surface area (Å²) in [6.07, 6.45) is -1.22. The summed E-state index contributed by atoms with van der Waals surface area (Å²) in [6.45, 7) is 2.04. The first kappa shape index (κ1) is 19.2. The summed E-state index contributed by atoms with van der Waals surface area (Å²) < 4.78 is 42.1. The van der Waals surface area contributed by atoms with Crippen molar-refractivity contribution in [3.8, 4) is 5.75 Å². The van der Waals surface area contributed by atoms with Crippen molar-refractivity contribution in [3.05, 3.63) is 41.7 Å². The highest BCUT2D eigenvalue weighted by Gasteiger charge is 2.31. The minimum absolute atomic E-state index is 0.228. The summed E-state index contributed by atoms with van der Waals surface area (Å²) >= 11 is 0. The van der Waals surface area contributed by atoms with Gasteiger partial charge in [0.15, 0.2) is 5.69 Å². The van der Waals surface area contributed by atoms with Gasteiger partial charge >= 0.3 is 6.36 Å². The molecule has 1 N–H and O–H groups in total. The van der Waals surface area contributed by atoms with Gasteiger partial charge in [0.2, 0.25) is 0 Å². The molecule has 0 bridgehead atoms. The number of halogens is 3. The number of rotatable bonds is 5. The Kier molecular flexibility index (Phi) is 5.64. The molecule has 1 aromatic heterocycles. The van der Waals surface area contributed by atoms with Gasteiger partial charge in [-0.1, -0.05) is 17.3 Å². The molecule has 1 fully saturated rings. The maximum Gasteiger partial charge on any atom is 0.573 e. The molecule has 0 atom stereocenters. The molecule has 2 heterocycles. The fourth-order valence-corrected chi connectivity index (χ4v) is 2.96. The van der Waals surface area contributed by atoms with Crippen LogP contribution in [0.1, 0.15) is 34.9 Å². The average molecular weight is 383 g/mol. The molecule has 0 spiro atoms. The number of nitrogens with one attached hydrogen (secondary N) is 1. The van der Waals surface area contributed by atoms with E-state index in [9.17, 15) is 18.0 Å². The fraction of sp³-hybridized carbons (Fsp3) is 0.471. The lowest BCUT2D eigenvalue weighted by Crippen LogP contribution is -2.29. The topological polar surface area (TPSA) is 72.3 Å². The van der Waals surface area contributed by atoms with E-state index in [1.807, 2.05) is 0 Å². The van der Waals surface area contributed by atoms with Crippen LogP contribution in [-0.4, -0.2) is 52.3 Å². The second-order valence-corrected chi connectivity index (χ2v) is 6.42. The molecular weight excluding hydrogens is 363 g/mol. The first-order valence-corrected chi connectivity index (χ1v) is 8.54. The van der Waals surface area contributed by atoms with Crippen LogP contribution < -0.4 is 10.1 Å². The molecule has 1 aliphatic heterocycles. The molecular formula is C17H20F3N5O2. The van der Waals surface area contributed by atoms with Crippen LogP contribution in [-0.2, 0) is 6.54 Å². The zero-order chi connectivity index (χ0) is 19.4. The van der Waals surface area contributed by atoms with Crippen molar-refractivity contribution in [1.29, 1.82) is 0 Å². The standard InChI is InChI=1S/C17H20F3N5O2/c1-24(10-12-2-4-14(5-3-12)27-17(18,19)20)16(26)15-11-25(23-22-15)13-6-8-21-9-7-13/h2-5,11,13,21H,6-10H2,1H3. The van der Waals surface area contributed by atoms with Gasteiger partial charge in [0.25, 0.3) is 5.91 Å². The van der Waals surface area contributed by atoms with Crippen LogP contribution in [0.2, 0.25) is 0 Å². The number of nitrogens with zero attached hydrogens (tertiary/aromatic N) is 4. The Morgan fingerprint density at radius 3 is 2.59 bits per heavy atom. The number of alkyl halides is 3. The molecule has 27 heavy (non-hydrogen) atoms. The minimum atomic E-state index is -4.73. The number of carbonyl (C=O) groups excluding carboxylic acids is 1. The van der Waals surface area contributed by atoms with Crippen molar-refractivity contribution in [2.45, 2.75) is 31.8 Å². The van der Waals surface area contributed by atoms with Crippen molar-refractivity contribution < 1.29 is 22.7 Å². The summed E-state index contributed by atoms with van der Waals surface area (Å²) in [5.41, 5.74) is 0.916. The second-order valence-electron chi connectivity index (χ2n) is 6.42. The third kappa shape index (κ3) is 5.19. The largest absolute Gasteiger partial charge is 0.573 e. The smallest absolute Gasteiger partial charge is 0.406 e. The van der Waals surface area contributed by atoms with E-state index >= 15 is 0 Å². The van der Waals surface area contributed by atoms with Gasteiger partial charge in [0, 0.05) is 13.6 Å². The quantitative estimate of drug-likeness (QED) is 0.858. The van der Waals surface area contributed by atoms with Crippen LogP contribution >= 0.6 is 0 Å². The van der Waals surface area contributed by atoms with Gasteiger partial charge in [-0.25, -0.2) is 4.68 Å². The number of piperidine rings is 1. The number of hydrogen-bond acceptors (Lipinski definition) is 5. The van der Waals surface area contributed by atoms with Crippen LogP contribution in [0.15, 0.2) is 30.5 Å². The predicted molar refractivity (Wildman–Crippen MR) is 90.1 cm³/mol. The summed E-state index contributed by atoms with van der Waals surface area (Å²) in [6, 6.07) is 5.63. The van der Waals surface area contributed by atoms with Gasteiger partial charge in [-0.15, -0.1) is 18.3 Å². The van der Waals surface area contributed by atoms with E-state index in [0.717, 1.165) is 25.9 Å². The lowest BCUT2D eigenvalue weighted by Gasteiger charge is -2.22. The van der Waals surface area contributed by atoms with E-state index in [-0.39, 0.29) is 29.9 Å². The number of hydrogen-bond donors (Lipinski definition) is 1. The molecule has 7 nitrogen and oxygen atoms in total. The van der Waals surface area contributed by atoms with Crippen LogP contribution in [0.5, 0.6) is 5.75 Å². The van der Waals surface area contributed by atoms with Crippen molar-refractivity contribution in [1.82, 2.24) is 25.2 Å². The Morgan fingerprint density at radius 2 is 1.96 bits per heavy atom. The monoisotopic (exact) mass is 383 g/mol. The fourth-order valence-electron chi connectivity index (χ4n) is 2.96. The summed E-state index contributed by atoms with van der Waals surface area (Å²) in [5, 5.41) is 11.3. The number of ether oxygens (including phenoxy) is 1. The summed E-state index contributed by atoms with van der Waals surface area (Å²) in [5.74, 6) is -0.601. The Labute approximate surface area is 154 Å². The summed E-state index contributed by atoms with van der Waals surface area (Å²) in [7, 11) is 1.60. The molecule has 1 aromatic carbocycles. The zero-order valence-electron chi connectivity index (χ0n) is 14.7. The number of amides is 1. The van der Waals surface area contributed by atoms with Crippen LogP contribution in [0, 0.1) is 0 Å². The van der Waals surface area contributed by atoms with Gasteiger partial charge in [0.1, 0.15) is 5.75 Å². The summed E-state index contributed by atoms with van der Waals surface area (Å²) in [4.78, 5) is 14.0. The van der Waals surface area contributed by atoms with Crippen molar-refractivity contribution in [2.75, 3.05) is 20.1 Å². The molecule has 0 saturated carbocycles. The Hall–Kier alpha value is -2.62. The van der Waals surface area contributed by atoms with Crippen LogP contribution in [0.3, 0.4) is 0 Å². The highest BCUT2D eigenvalue weighted by molar-refractivity contribution is 5.91. The highest BCUT2D eigenvalue weighted by Crippen LogP contribution is 2.23. The van der Waals surface area contributed by atoms with E-state index < -0.39 is 6.36 Å². The number of benzene rings is 1. The average Bonchev–Trinajstić information content (AvgIpc) is 3.12. The molecule has 0 aliphatic carbocycles. The van der Waals surface area contributed by atoms with Crippen molar-refractivity contribution in [2.24, 2.45) is 0 Å². The molecule has 0 unspecified atom stereocenters. The molecule has 0 radical (unpaired) electrons. The van der Waals surface area contributed by atoms with Crippen LogP contribution in [0.4, 0.5) is 13.2 Å². The predicted octanol–water partition coefficient (Wildman–Crippen LogP) is 2.37. The minimum Gasteiger partial charge on any atom is -0.406 e. The van der Waals surface area contributed by atoms with Gasteiger partial charge in [-0.05, 0) is 43.6 Å². The molecule has 1 saturated heterocycles. The van der Waals surface area contributed by atoms with E-state index in [1.165, 1.54) is 29.2 Å². The second kappa shape index (κ2) is 7.95. The van der Waals surface area contributed by atoms with Crippen LogP contribution in [0.25, 0.3) is 0 Å². The number of carbonyl (C=O) groups is 1. The Balaban J connectivity index is 1.59. The Morgan fingerprint density at radius 1 is 1.30 bits per heavy atom. The molecule has 3 rings (SSSR count). The lowest BCUT2D eigenvalue weighted by atomic mass is 10.1. The number of aromatic nitrogens is 3. The van der Waals surface area contributed by atoms with E-state index in [0.29, 0.717) is 5.56 Å². The molecule has 2 aromatic rings. The zero-order valence-corrected chi connectivity index (χ0v) is 14.7. The highest BCUT2D eigenvalue weighted by atomic mass is 19.4. The van der Waals surface area contributed by atoms with Crippen molar-refractivity contribution in [3.63, 3.8) is 0 Å². The lowest BCUT2D eigenvalue weighted by molar-refractivity contribution is -0.274. The van der Waals surface area contributed by atoms with Gasteiger partial charge in [-0.2, -0.15) is 0 Å². The first-order valence-electron chi connectivity index (χ1n) is 8.54. The first-order chi connectivity index (χ1) is 12.8. The molecule has 146 valence electrons. The third-order valence-electron chi connectivity index (χ3n) is 4.34. The third-order valence-corrected chi connectivity index (χ3v) is 4.34. The molecule has 1 aliphatic rings. The van der Waals surface area contributed by atoms with Gasteiger partial charge in [-0.3, -0.25) is 4.79 Å². The van der Waals surface area contributed by atoms with Crippen molar-refractivity contribution >= 4 is 5.91 Å². The molecule has 1 amide bonds. The SMILES string of the molecule is CN(Cc1ccc(OC(F)(F)F)cc1)C(=O)c1cn(C2CCNCC2)nn1. The van der Waals surface area contributed by atoms with Gasteiger partial charge < -0.3 is 15.0 Å². The van der Waals surface area contributed by atoms with Gasteiger partial charge in [0.05, 0.1) is 12.2 Å². The van der Waals surface area contributed by atoms with E-state index in [4.69, 9.17) is 0 Å². The normalized spacial score (nSPS) is 15.6. The maximum absolute atomic E-state index is 12.5. The van der Waals surface area contributed by atoms with E-state index in [2.05, 4.69) is 20.4 Å². The maximum atomic E-state index is 12.5. The van der Waals surface area contributed by atoms with E-state index in [1.54, 1.807) is 17.9 Å². The Bertz CT molecular complexity index is 770.